The summed E-state index contributed by atoms with van der Waals surface area (Å²) in [6, 6.07) is 10.3. The number of hydrogen-bond donors (Lipinski definition) is 0. The molecule has 0 atom stereocenters. The highest BCUT2D eigenvalue weighted by molar-refractivity contribution is 5.78. The van der Waals surface area contributed by atoms with Gasteiger partial charge in [0, 0.05) is 52.2 Å². The lowest BCUT2D eigenvalue weighted by molar-refractivity contribution is -0.131. The van der Waals surface area contributed by atoms with Gasteiger partial charge in [0.05, 0.1) is 6.54 Å². The van der Waals surface area contributed by atoms with Gasteiger partial charge in [-0.05, 0) is 23.6 Å². The zero-order valence-electron chi connectivity index (χ0n) is 15.6. The van der Waals surface area contributed by atoms with Gasteiger partial charge in [-0.15, -0.1) is 0 Å². The molecule has 0 bridgehead atoms. The van der Waals surface area contributed by atoms with Crippen molar-refractivity contribution in [3.63, 3.8) is 0 Å². The lowest BCUT2D eigenvalue weighted by atomic mass is 10.1. The lowest BCUT2D eigenvalue weighted by Crippen LogP contribution is -2.50. The third-order valence-corrected chi connectivity index (χ3v) is 4.84. The van der Waals surface area contributed by atoms with E-state index in [4.69, 9.17) is 0 Å². The summed E-state index contributed by atoms with van der Waals surface area (Å²) < 4.78 is 0. The van der Waals surface area contributed by atoms with Crippen LogP contribution in [0.15, 0.2) is 42.7 Å². The molecule has 0 radical (unpaired) electrons. The summed E-state index contributed by atoms with van der Waals surface area (Å²) >= 11 is 0. The summed E-state index contributed by atoms with van der Waals surface area (Å²) in [5.74, 6) is 0.931. The number of aromatic nitrogens is 2. The molecule has 6 heteroatoms. The Labute approximate surface area is 155 Å². The summed E-state index contributed by atoms with van der Waals surface area (Å²) in [4.78, 5) is 27.3. The van der Waals surface area contributed by atoms with Crippen molar-refractivity contribution in [3.8, 4) is 0 Å². The maximum atomic E-state index is 12.5. The van der Waals surface area contributed by atoms with Crippen molar-refractivity contribution in [1.29, 1.82) is 0 Å². The molecule has 1 aromatic carbocycles. The van der Waals surface area contributed by atoms with Gasteiger partial charge >= 0.3 is 0 Å². The first-order valence-electron chi connectivity index (χ1n) is 9.22. The highest BCUT2D eigenvalue weighted by Gasteiger charge is 2.21. The number of anilines is 1. The molecule has 0 N–H and O–H groups in total. The van der Waals surface area contributed by atoms with E-state index in [2.05, 4.69) is 51.0 Å². The number of carbonyl (C=O) groups excluding carboxylic acids is 1. The number of piperazine rings is 1. The summed E-state index contributed by atoms with van der Waals surface area (Å²) in [7, 11) is 1.88. The van der Waals surface area contributed by atoms with Gasteiger partial charge in [-0.1, -0.05) is 31.2 Å². The summed E-state index contributed by atoms with van der Waals surface area (Å²) in [6.07, 6.45) is 4.57. The number of benzene rings is 1. The SMILES string of the molecule is CCc1ccc(CN(C)C(=O)CN2CCN(c3ncccn3)CC2)cc1. The number of aryl methyl sites for hydroxylation is 1. The molecule has 1 fully saturated rings. The topological polar surface area (TPSA) is 52.6 Å². The number of nitrogens with zero attached hydrogens (tertiary/aromatic N) is 5. The van der Waals surface area contributed by atoms with E-state index >= 15 is 0 Å². The van der Waals surface area contributed by atoms with E-state index in [0.29, 0.717) is 13.1 Å². The van der Waals surface area contributed by atoms with Crippen LogP contribution in [0.2, 0.25) is 0 Å². The van der Waals surface area contributed by atoms with Crippen LogP contribution >= 0.6 is 0 Å². The van der Waals surface area contributed by atoms with Gasteiger partial charge in [-0.2, -0.15) is 0 Å². The third-order valence-electron chi connectivity index (χ3n) is 4.84. The van der Waals surface area contributed by atoms with E-state index in [1.54, 1.807) is 12.4 Å². The lowest BCUT2D eigenvalue weighted by Gasteiger charge is -2.34. The molecule has 0 spiro atoms. The predicted molar refractivity (Wildman–Crippen MR) is 103 cm³/mol. The van der Waals surface area contributed by atoms with Crippen LogP contribution in [0.25, 0.3) is 0 Å². The van der Waals surface area contributed by atoms with Crippen LogP contribution in [-0.4, -0.2) is 65.4 Å². The minimum Gasteiger partial charge on any atom is -0.340 e. The number of carbonyl (C=O) groups is 1. The van der Waals surface area contributed by atoms with E-state index in [-0.39, 0.29) is 5.91 Å². The molecule has 2 heterocycles. The van der Waals surface area contributed by atoms with Crippen molar-refractivity contribution >= 4 is 11.9 Å². The van der Waals surface area contributed by atoms with Crippen LogP contribution in [0.3, 0.4) is 0 Å². The fourth-order valence-corrected chi connectivity index (χ4v) is 3.11. The average Bonchev–Trinajstić information content (AvgIpc) is 2.70. The average molecular weight is 353 g/mol. The monoisotopic (exact) mass is 353 g/mol. The molecule has 6 nitrogen and oxygen atoms in total. The normalized spacial score (nSPS) is 15.1. The Hall–Kier alpha value is -2.47. The number of hydrogen-bond acceptors (Lipinski definition) is 5. The molecular weight excluding hydrogens is 326 g/mol. The van der Waals surface area contributed by atoms with Gasteiger partial charge in [0.1, 0.15) is 0 Å². The first-order chi connectivity index (χ1) is 12.7. The molecule has 0 saturated carbocycles. The van der Waals surface area contributed by atoms with E-state index < -0.39 is 0 Å². The minimum atomic E-state index is 0.161. The molecule has 0 aliphatic carbocycles. The van der Waals surface area contributed by atoms with E-state index in [0.717, 1.165) is 38.5 Å². The van der Waals surface area contributed by atoms with Crippen molar-refractivity contribution in [3.05, 3.63) is 53.9 Å². The smallest absolute Gasteiger partial charge is 0.236 e. The standard InChI is InChI=1S/C20H27N5O/c1-3-17-5-7-18(8-6-17)15-23(2)19(26)16-24-11-13-25(14-12-24)20-21-9-4-10-22-20/h4-10H,3,11-16H2,1-2H3. The Morgan fingerprint density at radius 3 is 2.27 bits per heavy atom. The zero-order valence-corrected chi connectivity index (χ0v) is 15.6. The Bertz CT molecular complexity index is 696. The molecule has 1 saturated heterocycles. The van der Waals surface area contributed by atoms with Crippen LogP contribution < -0.4 is 4.90 Å². The van der Waals surface area contributed by atoms with Gasteiger partial charge in [0.2, 0.25) is 11.9 Å². The van der Waals surface area contributed by atoms with Crippen LogP contribution in [0.5, 0.6) is 0 Å². The van der Waals surface area contributed by atoms with Gasteiger partial charge in [-0.25, -0.2) is 9.97 Å². The summed E-state index contributed by atoms with van der Waals surface area (Å²) in [5, 5.41) is 0. The molecule has 1 aliphatic rings. The maximum absolute atomic E-state index is 12.5. The third kappa shape index (κ3) is 4.79. The second-order valence-electron chi connectivity index (χ2n) is 6.73. The van der Waals surface area contributed by atoms with Crippen molar-refractivity contribution < 1.29 is 4.79 Å². The quantitative estimate of drug-likeness (QED) is 0.793. The molecule has 0 unspecified atom stereocenters. The second-order valence-corrected chi connectivity index (χ2v) is 6.73. The Morgan fingerprint density at radius 2 is 1.65 bits per heavy atom. The summed E-state index contributed by atoms with van der Waals surface area (Å²) in [5.41, 5.74) is 2.49. The van der Waals surface area contributed by atoms with E-state index in [1.807, 2.05) is 18.0 Å². The first-order valence-corrected chi connectivity index (χ1v) is 9.22. The molecule has 26 heavy (non-hydrogen) atoms. The predicted octanol–water partition coefficient (Wildman–Crippen LogP) is 1.82. The largest absolute Gasteiger partial charge is 0.340 e. The molecule has 138 valence electrons. The van der Waals surface area contributed by atoms with Crippen molar-refractivity contribution in [2.24, 2.45) is 0 Å². The Morgan fingerprint density at radius 1 is 1.04 bits per heavy atom. The zero-order chi connectivity index (χ0) is 18.4. The maximum Gasteiger partial charge on any atom is 0.236 e. The highest BCUT2D eigenvalue weighted by Crippen LogP contribution is 2.11. The van der Waals surface area contributed by atoms with Crippen molar-refractivity contribution in [2.75, 3.05) is 44.7 Å². The van der Waals surface area contributed by atoms with Crippen LogP contribution in [-0.2, 0) is 17.8 Å². The molecule has 1 aromatic heterocycles. The number of rotatable bonds is 6. The molecule has 1 amide bonds. The number of amides is 1. The molecule has 1 aliphatic heterocycles. The fourth-order valence-electron chi connectivity index (χ4n) is 3.11. The second kappa shape index (κ2) is 8.76. The molecule has 3 rings (SSSR count). The van der Waals surface area contributed by atoms with Crippen LogP contribution in [0.1, 0.15) is 18.1 Å². The van der Waals surface area contributed by atoms with Gasteiger partial charge in [0.25, 0.3) is 0 Å². The van der Waals surface area contributed by atoms with Crippen molar-refractivity contribution in [1.82, 2.24) is 19.8 Å². The first kappa shape index (κ1) is 18.3. The van der Waals surface area contributed by atoms with Crippen LogP contribution in [0, 0.1) is 0 Å². The van der Waals surface area contributed by atoms with Gasteiger partial charge in [0.15, 0.2) is 0 Å². The Balaban J connectivity index is 1.46. The fraction of sp³-hybridized carbons (Fsp3) is 0.450. The minimum absolute atomic E-state index is 0.161. The van der Waals surface area contributed by atoms with E-state index in [1.165, 1.54) is 11.1 Å². The molecule has 2 aromatic rings. The van der Waals surface area contributed by atoms with Gasteiger partial charge < -0.3 is 9.80 Å². The molecular formula is C20H27N5O. The number of likely N-dealkylation sites (N-methyl/N-ethyl adjacent to an activating group) is 1. The summed E-state index contributed by atoms with van der Waals surface area (Å²) in [6.45, 7) is 6.66. The van der Waals surface area contributed by atoms with Crippen LogP contribution in [0.4, 0.5) is 5.95 Å². The van der Waals surface area contributed by atoms with E-state index in [9.17, 15) is 4.79 Å². The highest BCUT2D eigenvalue weighted by atomic mass is 16.2. The van der Waals surface area contributed by atoms with Gasteiger partial charge in [-0.3, -0.25) is 9.69 Å². The van der Waals surface area contributed by atoms with Crippen molar-refractivity contribution in [2.45, 2.75) is 19.9 Å². The Kier molecular flexibility index (Phi) is 6.17.